The van der Waals surface area contributed by atoms with Crippen LogP contribution < -0.4 is 16.0 Å². The van der Waals surface area contributed by atoms with Crippen LogP contribution in [0.25, 0.3) is 0 Å². The van der Waals surface area contributed by atoms with E-state index in [1.54, 1.807) is 6.20 Å². The van der Waals surface area contributed by atoms with Crippen LogP contribution in [0.15, 0.2) is 12.3 Å². The second kappa shape index (κ2) is 6.08. The quantitative estimate of drug-likeness (QED) is 0.798. The molecule has 1 amide bonds. The van der Waals surface area contributed by atoms with Crippen molar-refractivity contribution in [2.24, 2.45) is 0 Å². The molecule has 3 N–H and O–H groups in total. The van der Waals surface area contributed by atoms with Crippen LogP contribution in [0.2, 0.25) is 0 Å². The Kier molecular flexibility index (Phi) is 4.75. The van der Waals surface area contributed by atoms with Gasteiger partial charge in [0.05, 0.1) is 12.2 Å². The van der Waals surface area contributed by atoms with Gasteiger partial charge in [-0.3, -0.25) is 4.79 Å². The maximum atomic E-state index is 11.6. The Morgan fingerprint density at radius 1 is 1.53 bits per heavy atom. The van der Waals surface area contributed by atoms with Gasteiger partial charge in [0.2, 0.25) is 5.91 Å². The number of anilines is 2. The van der Waals surface area contributed by atoms with Gasteiger partial charge in [-0.1, -0.05) is 0 Å². The van der Waals surface area contributed by atoms with E-state index in [1.165, 1.54) is 0 Å². The number of hydrogen-bond donors (Lipinski definition) is 2. The molecule has 0 aliphatic rings. The first-order chi connectivity index (χ1) is 8.10. The molecule has 17 heavy (non-hydrogen) atoms. The lowest BCUT2D eigenvalue weighted by Gasteiger charge is -2.23. The summed E-state index contributed by atoms with van der Waals surface area (Å²) in [5.41, 5.74) is 7.59. The molecular weight excluding hydrogens is 216 g/mol. The molecule has 0 atom stereocenters. The zero-order valence-corrected chi connectivity index (χ0v) is 10.7. The lowest BCUT2D eigenvalue weighted by molar-refractivity contribution is -0.119. The Morgan fingerprint density at radius 2 is 2.24 bits per heavy atom. The van der Waals surface area contributed by atoms with Crippen molar-refractivity contribution in [3.63, 3.8) is 0 Å². The van der Waals surface area contributed by atoms with Crippen molar-refractivity contribution in [2.75, 3.05) is 30.3 Å². The second-order valence-corrected chi connectivity index (χ2v) is 3.83. The number of likely N-dealkylation sites (N-methyl/N-ethyl adjacent to an activating group) is 2. The monoisotopic (exact) mass is 236 g/mol. The van der Waals surface area contributed by atoms with Crippen LogP contribution in [0.5, 0.6) is 0 Å². The summed E-state index contributed by atoms with van der Waals surface area (Å²) in [4.78, 5) is 17.7. The normalized spacial score (nSPS) is 10.1. The highest BCUT2D eigenvalue weighted by Gasteiger charge is 2.14. The van der Waals surface area contributed by atoms with Gasteiger partial charge in [-0.2, -0.15) is 0 Å². The Morgan fingerprint density at radius 3 is 2.82 bits per heavy atom. The van der Waals surface area contributed by atoms with E-state index in [2.05, 4.69) is 10.3 Å². The summed E-state index contributed by atoms with van der Waals surface area (Å²) >= 11 is 0. The molecule has 0 saturated heterocycles. The van der Waals surface area contributed by atoms with Crippen LogP contribution in [0.3, 0.4) is 0 Å². The molecule has 1 heterocycles. The van der Waals surface area contributed by atoms with Crippen molar-refractivity contribution in [1.82, 2.24) is 10.3 Å². The van der Waals surface area contributed by atoms with Gasteiger partial charge in [0.15, 0.2) is 5.82 Å². The Labute approximate surface area is 102 Å². The van der Waals surface area contributed by atoms with E-state index in [0.29, 0.717) is 24.6 Å². The molecule has 0 unspecified atom stereocenters. The average Bonchev–Trinajstić information content (AvgIpc) is 2.30. The smallest absolute Gasteiger partial charge is 0.239 e. The number of nitrogens with two attached hydrogens (primary N) is 1. The minimum atomic E-state index is -0.0166. The van der Waals surface area contributed by atoms with Gasteiger partial charge < -0.3 is 16.0 Å². The summed E-state index contributed by atoms with van der Waals surface area (Å²) in [7, 11) is 0. The Bertz CT molecular complexity index is 392. The van der Waals surface area contributed by atoms with E-state index in [9.17, 15) is 4.79 Å². The lowest BCUT2D eigenvalue weighted by atomic mass is 10.2. The number of rotatable bonds is 5. The van der Waals surface area contributed by atoms with Gasteiger partial charge in [0.1, 0.15) is 0 Å². The molecule has 1 rings (SSSR count). The standard InChI is InChI=1S/C12H20N4O/c1-4-14-10(17)8-16(5-2)12-11(13)9(3)6-7-15-12/h6-7H,4-5,8,13H2,1-3H3,(H,14,17). The predicted octanol–water partition coefficient (Wildman–Crippen LogP) is 0.935. The highest BCUT2D eigenvalue weighted by molar-refractivity contribution is 5.82. The van der Waals surface area contributed by atoms with Crippen LogP contribution in [-0.2, 0) is 4.79 Å². The molecule has 0 radical (unpaired) electrons. The molecule has 1 aromatic rings. The van der Waals surface area contributed by atoms with Gasteiger partial charge in [-0.25, -0.2) is 4.98 Å². The fourth-order valence-electron chi connectivity index (χ4n) is 1.57. The number of nitrogens with zero attached hydrogens (tertiary/aromatic N) is 2. The third kappa shape index (κ3) is 3.34. The van der Waals surface area contributed by atoms with Crippen molar-refractivity contribution in [1.29, 1.82) is 0 Å². The van der Waals surface area contributed by atoms with Crippen LogP contribution >= 0.6 is 0 Å². The first kappa shape index (κ1) is 13.3. The van der Waals surface area contributed by atoms with E-state index in [4.69, 9.17) is 5.73 Å². The lowest BCUT2D eigenvalue weighted by Crippen LogP contribution is -2.37. The number of nitrogen functional groups attached to an aromatic ring is 1. The highest BCUT2D eigenvalue weighted by atomic mass is 16.2. The SMILES string of the molecule is CCNC(=O)CN(CC)c1nccc(C)c1N. The fourth-order valence-corrected chi connectivity index (χ4v) is 1.57. The molecule has 0 bridgehead atoms. The molecule has 0 saturated carbocycles. The summed E-state index contributed by atoms with van der Waals surface area (Å²) in [6.07, 6.45) is 1.71. The van der Waals surface area contributed by atoms with Crippen LogP contribution in [0, 0.1) is 6.92 Å². The number of hydrogen-bond acceptors (Lipinski definition) is 4. The highest BCUT2D eigenvalue weighted by Crippen LogP contribution is 2.22. The fraction of sp³-hybridized carbons (Fsp3) is 0.500. The van der Waals surface area contributed by atoms with Crippen molar-refractivity contribution >= 4 is 17.4 Å². The van der Waals surface area contributed by atoms with E-state index < -0.39 is 0 Å². The summed E-state index contributed by atoms with van der Waals surface area (Å²) in [6.45, 7) is 7.41. The van der Waals surface area contributed by atoms with Gasteiger partial charge >= 0.3 is 0 Å². The molecule has 0 spiro atoms. The summed E-state index contributed by atoms with van der Waals surface area (Å²) in [6, 6.07) is 1.86. The largest absolute Gasteiger partial charge is 0.396 e. The molecule has 0 aromatic carbocycles. The summed E-state index contributed by atoms with van der Waals surface area (Å²) < 4.78 is 0. The number of nitrogens with one attached hydrogen (secondary N) is 1. The first-order valence-corrected chi connectivity index (χ1v) is 5.82. The van der Waals surface area contributed by atoms with Crippen LogP contribution in [0.4, 0.5) is 11.5 Å². The molecule has 5 heteroatoms. The van der Waals surface area contributed by atoms with Crippen LogP contribution in [0.1, 0.15) is 19.4 Å². The zero-order chi connectivity index (χ0) is 12.8. The molecule has 1 aromatic heterocycles. The van der Waals surface area contributed by atoms with E-state index in [0.717, 1.165) is 5.56 Å². The van der Waals surface area contributed by atoms with Gasteiger partial charge in [0.25, 0.3) is 0 Å². The minimum Gasteiger partial charge on any atom is -0.396 e. The predicted molar refractivity (Wildman–Crippen MR) is 70.0 cm³/mol. The Balaban J connectivity index is 2.86. The first-order valence-electron chi connectivity index (χ1n) is 5.82. The van der Waals surface area contributed by atoms with Crippen LogP contribution in [-0.4, -0.2) is 30.5 Å². The molecule has 0 aliphatic heterocycles. The molecule has 5 nitrogen and oxygen atoms in total. The van der Waals surface area contributed by atoms with Gasteiger partial charge in [0, 0.05) is 19.3 Å². The van der Waals surface area contributed by atoms with Gasteiger partial charge in [-0.15, -0.1) is 0 Å². The number of aryl methyl sites for hydroxylation is 1. The Hall–Kier alpha value is -1.78. The average molecular weight is 236 g/mol. The third-order valence-electron chi connectivity index (χ3n) is 2.58. The maximum absolute atomic E-state index is 11.6. The molecule has 0 aliphatic carbocycles. The van der Waals surface area contributed by atoms with Gasteiger partial charge in [-0.05, 0) is 32.4 Å². The summed E-state index contributed by atoms with van der Waals surface area (Å²) in [5.74, 6) is 0.663. The van der Waals surface area contributed by atoms with Crippen molar-refractivity contribution in [3.8, 4) is 0 Å². The maximum Gasteiger partial charge on any atom is 0.239 e. The minimum absolute atomic E-state index is 0.0166. The number of amides is 1. The second-order valence-electron chi connectivity index (χ2n) is 3.83. The molecular formula is C12H20N4O. The number of carbonyl (C=O) groups is 1. The number of aromatic nitrogens is 1. The molecule has 0 fully saturated rings. The van der Waals surface area contributed by atoms with E-state index >= 15 is 0 Å². The van der Waals surface area contributed by atoms with E-state index in [1.807, 2.05) is 31.7 Å². The zero-order valence-electron chi connectivity index (χ0n) is 10.7. The van der Waals surface area contributed by atoms with E-state index in [-0.39, 0.29) is 12.5 Å². The number of pyridine rings is 1. The summed E-state index contributed by atoms with van der Waals surface area (Å²) in [5, 5.41) is 2.76. The van der Waals surface area contributed by atoms with Crippen molar-refractivity contribution in [3.05, 3.63) is 17.8 Å². The molecule has 94 valence electrons. The third-order valence-corrected chi connectivity index (χ3v) is 2.58. The topological polar surface area (TPSA) is 71.2 Å². The van der Waals surface area contributed by atoms with Crippen molar-refractivity contribution < 1.29 is 4.79 Å². The van der Waals surface area contributed by atoms with Crippen molar-refractivity contribution in [2.45, 2.75) is 20.8 Å². The number of carbonyl (C=O) groups excluding carboxylic acids is 1.